The van der Waals surface area contributed by atoms with Gasteiger partial charge in [0.15, 0.2) is 0 Å². The molecule has 1 rings (SSSR count). The number of dihydropyridines is 1. The first-order valence-corrected chi connectivity index (χ1v) is 2.77. The molecule has 0 spiro atoms. The molecule has 0 fully saturated rings. The normalized spacial score (nSPS) is 17.8. The Morgan fingerprint density at radius 3 is 3.00 bits per heavy atom. The minimum absolute atomic E-state index is 0.928. The summed E-state index contributed by atoms with van der Waals surface area (Å²) in [7, 11) is 0. The van der Waals surface area contributed by atoms with Gasteiger partial charge in [0.25, 0.3) is 0 Å². The van der Waals surface area contributed by atoms with E-state index in [1.807, 2.05) is 6.08 Å². The summed E-state index contributed by atoms with van der Waals surface area (Å²) in [6, 6.07) is 0. The lowest BCUT2D eigenvalue weighted by atomic mass is 10.2. The molecule has 1 aliphatic heterocycles. The van der Waals surface area contributed by atoms with Crippen LogP contribution < -0.4 is 0 Å². The number of aliphatic imine (C=N–C) groups is 1. The van der Waals surface area contributed by atoms with Gasteiger partial charge >= 0.3 is 0 Å². The van der Waals surface area contributed by atoms with Crippen molar-refractivity contribution in [1.29, 1.82) is 0 Å². The highest BCUT2D eigenvalue weighted by atomic mass is 14.7. The highest BCUT2D eigenvalue weighted by Gasteiger charge is 1.89. The van der Waals surface area contributed by atoms with E-state index in [0.29, 0.717) is 0 Å². The van der Waals surface area contributed by atoms with E-state index in [9.17, 15) is 0 Å². The first kappa shape index (κ1) is 5.29. The van der Waals surface area contributed by atoms with E-state index < -0.39 is 0 Å². The van der Waals surface area contributed by atoms with Crippen LogP contribution in [0.15, 0.2) is 29.8 Å². The molecule has 0 N–H and O–H groups in total. The number of hydrogen-bond donors (Lipinski definition) is 0. The Labute approximate surface area is 49.4 Å². The molecule has 42 valence electrons. The summed E-state index contributed by atoms with van der Waals surface area (Å²) in [5.41, 5.74) is 1.01. The molecule has 0 radical (unpaired) electrons. The molecule has 0 atom stereocenters. The maximum absolute atomic E-state index is 4.16. The summed E-state index contributed by atoms with van der Waals surface area (Å²) < 4.78 is 0. The van der Waals surface area contributed by atoms with Crippen LogP contribution in [-0.2, 0) is 0 Å². The van der Waals surface area contributed by atoms with Gasteiger partial charge in [-0.3, -0.25) is 4.99 Å². The largest absolute Gasteiger partial charge is 0.285 e. The van der Waals surface area contributed by atoms with E-state index in [4.69, 9.17) is 0 Å². The molecule has 0 aromatic carbocycles. The molecule has 0 saturated heterocycles. The second-order valence-electron chi connectivity index (χ2n) is 1.70. The monoisotopic (exact) mass is 107 g/mol. The highest BCUT2D eigenvalue weighted by molar-refractivity contribution is 6.03. The third-order valence-corrected chi connectivity index (χ3v) is 1.09. The van der Waals surface area contributed by atoms with Crippen molar-refractivity contribution in [3.63, 3.8) is 0 Å². The van der Waals surface area contributed by atoms with Crippen LogP contribution in [0.3, 0.4) is 0 Å². The SMILES string of the molecule is C=CC1=NCCC=C1. The smallest absolute Gasteiger partial charge is 0.0565 e. The molecule has 0 unspecified atom stereocenters. The van der Waals surface area contributed by atoms with E-state index in [0.717, 1.165) is 18.7 Å². The maximum Gasteiger partial charge on any atom is 0.0565 e. The van der Waals surface area contributed by atoms with Crippen molar-refractivity contribution in [2.24, 2.45) is 4.99 Å². The summed E-state index contributed by atoms with van der Waals surface area (Å²) in [6.07, 6.45) is 6.97. The summed E-state index contributed by atoms with van der Waals surface area (Å²) in [4.78, 5) is 4.16. The first-order chi connectivity index (χ1) is 3.93. The predicted molar refractivity (Wildman–Crippen MR) is 36.3 cm³/mol. The third kappa shape index (κ3) is 1.06. The van der Waals surface area contributed by atoms with Gasteiger partial charge in [0.1, 0.15) is 0 Å². The molecular weight excluding hydrogens is 98.1 g/mol. The van der Waals surface area contributed by atoms with Crippen molar-refractivity contribution in [2.75, 3.05) is 6.54 Å². The van der Waals surface area contributed by atoms with Gasteiger partial charge in [-0.25, -0.2) is 0 Å². The van der Waals surface area contributed by atoms with Crippen LogP contribution in [0, 0.1) is 0 Å². The first-order valence-electron chi connectivity index (χ1n) is 2.77. The Hall–Kier alpha value is -0.850. The molecule has 0 bridgehead atoms. The van der Waals surface area contributed by atoms with Crippen molar-refractivity contribution >= 4 is 5.71 Å². The van der Waals surface area contributed by atoms with Crippen molar-refractivity contribution in [3.8, 4) is 0 Å². The highest BCUT2D eigenvalue weighted by Crippen LogP contribution is 1.95. The minimum Gasteiger partial charge on any atom is -0.285 e. The fraction of sp³-hybridized carbons (Fsp3) is 0.286. The number of allylic oxidation sites excluding steroid dienone is 2. The van der Waals surface area contributed by atoms with Crippen LogP contribution in [0.4, 0.5) is 0 Å². The van der Waals surface area contributed by atoms with E-state index in [1.54, 1.807) is 6.08 Å². The van der Waals surface area contributed by atoms with Gasteiger partial charge in [0.05, 0.1) is 5.71 Å². The van der Waals surface area contributed by atoms with Crippen LogP contribution in [-0.4, -0.2) is 12.3 Å². The second kappa shape index (κ2) is 2.46. The van der Waals surface area contributed by atoms with Crippen molar-refractivity contribution in [3.05, 3.63) is 24.8 Å². The summed E-state index contributed by atoms with van der Waals surface area (Å²) in [5, 5.41) is 0. The quantitative estimate of drug-likeness (QED) is 0.482. The Bertz CT molecular complexity index is 142. The molecule has 0 aromatic heterocycles. The number of rotatable bonds is 1. The van der Waals surface area contributed by atoms with E-state index >= 15 is 0 Å². The van der Waals surface area contributed by atoms with Crippen LogP contribution in [0.2, 0.25) is 0 Å². The van der Waals surface area contributed by atoms with E-state index in [-0.39, 0.29) is 0 Å². The van der Waals surface area contributed by atoms with Crippen LogP contribution in [0.25, 0.3) is 0 Å². The van der Waals surface area contributed by atoms with Gasteiger partial charge in [0.2, 0.25) is 0 Å². The average Bonchev–Trinajstić information content (AvgIpc) is 1.90. The zero-order chi connectivity index (χ0) is 5.82. The van der Waals surface area contributed by atoms with Gasteiger partial charge < -0.3 is 0 Å². The lowest BCUT2D eigenvalue weighted by molar-refractivity contribution is 0.996. The number of nitrogens with zero attached hydrogens (tertiary/aromatic N) is 1. The predicted octanol–water partition coefficient (Wildman–Crippen LogP) is 1.57. The molecule has 8 heavy (non-hydrogen) atoms. The molecule has 0 aliphatic carbocycles. The standard InChI is InChI=1S/C7H9N/c1-2-7-5-3-4-6-8-7/h2-3,5H,1,4,6H2. The van der Waals surface area contributed by atoms with Gasteiger partial charge in [0, 0.05) is 6.54 Å². The Balaban J connectivity index is 2.64. The van der Waals surface area contributed by atoms with Crippen molar-refractivity contribution in [2.45, 2.75) is 6.42 Å². The fourth-order valence-electron chi connectivity index (χ4n) is 0.658. The van der Waals surface area contributed by atoms with Crippen LogP contribution >= 0.6 is 0 Å². The van der Waals surface area contributed by atoms with Gasteiger partial charge in [-0.05, 0) is 18.6 Å². The Kier molecular flexibility index (Phi) is 1.62. The number of hydrogen-bond acceptors (Lipinski definition) is 1. The second-order valence-corrected chi connectivity index (χ2v) is 1.70. The van der Waals surface area contributed by atoms with Crippen LogP contribution in [0.1, 0.15) is 6.42 Å². The summed E-state index contributed by atoms with van der Waals surface area (Å²) in [6.45, 7) is 4.53. The van der Waals surface area contributed by atoms with Crippen molar-refractivity contribution < 1.29 is 0 Å². The zero-order valence-corrected chi connectivity index (χ0v) is 4.80. The lowest BCUT2D eigenvalue weighted by Crippen LogP contribution is -1.94. The molecular formula is C7H9N. The van der Waals surface area contributed by atoms with Gasteiger partial charge in [-0.2, -0.15) is 0 Å². The Morgan fingerprint density at radius 2 is 2.62 bits per heavy atom. The van der Waals surface area contributed by atoms with Gasteiger partial charge in [-0.1, -0.05) is 12.7 Å². The topological polar surface area (TPSA) is 12.4 Å². The van der Waals surface area contributed by atoms with Crippen LogP contribution in [0.5, 0.6) is 0 Å². The Morgan fingerprint density at radius 1 is 1.75 bits per heavy atom. The average molecular weight is 107 g/mol. The molecule has 0 amide bonds. The summed E-state index contributed by atoms with van der Waals surface area (Å²) in [5.74, 6) is 0. The molecule has 1 aliphatic rings. The zero-order valence-electron chi connectivity index (χ0n) is 4.80. The molecule has 1 heterocycles. The molecule has 1 nitrogen and oxygen atoms in total. The summed E-state index contributed by atoms with van der Waals surface area (Å²) >= 11 is 0. The van der Waals surface area contributed by atoms with Crippen molar-refractivity contribution in [1.82, 2.24) is 0 Å². The van der Waals surface area contributed by atoms with E-state index in [2.05, 4.69) is 17.6 Å². The fourth-order valence-corrected chi connectivity index (χ4v) is 0.658. The minimum atomic E-state index is 0.928. The lowest BCUT2D eigenvalue weighted by Gasteiger charge is -1.97. The third-order valence-electron chi connectivity index (χ3n) is 1.09. The molecule has 0 saturated carbocycles. The maximum atomic E-state index is 4.16. The molecule has 0 aromatic rings. The molecule has 1 heteroatoms. The van der Waals surface area contributed by atoms with Gasteiger partial charge in [-0.15, -0.1) is 0 Å². The van der Waals surface area contributed by atoms with E-state index in [1.165, 1.54) is 0 Å².